The van der Waals surface area contributed by atoms with E-state index in [-0.39, 0.29) is 5.56 Å². The van der Waals surface area contributed by atoms with Crippen LogP contribution in [0.2, 0.25) is 0 Å². The molecule has 0 saturated carbocycles. The van der Waals surface area contributed by atoms with Crippen LogP contribution in [0.1, 0.15) is 32.7 Å². The van der Waals surface area contributed by atoms with Gasteiger partial charge in [-0.05, 0) is 50.6 Å². The van der Waals surface area contributed by atoms with E-state index in [0.29, 0.717) is 17.1 Å². The molecule has 1 aromatic heterocycles. The third kappa shape index (κ3) is 3.86. The number of carbonyl (C=O) groups excluding carboxylic acids is 1. The molecule has 0 aliphatic rings. The number of alkyl halides is 3. The lowest BCUT2D eigenvalue weighted by Crippen LogP contribution is -2.13. The van der Waals surface area contributed by atoms with E-state index in [2.05, 4.69) is 15.5 Å². The highest BCUT2D eigenvalue weighted by Gasteiger charge is 2.30. The summed E-state index contributed by atoms with van der Waals surface area (Å²) in [6.07, 6.45) is -4.44. The number of carbonyl (C=O) groups is 1. The molecule has 7 heteroatoms. The first-order chi connectivity index (χ1) is 12.7. The van der Waals surface area contributed by atoms with Crippen LogP contribution in [0.25, 0.3) is 11.3 Å². The first-order valence-corrected chi connectivity index (χ1v) is 8.28. The summed E-state index contributed by atoms with van der Waals surface area (Å²) in [6, 6.07) is 9.99. The summed E-state index contributed by atoms with van der Waals surface area (Å²) in [6.45, 7) is 5.70. The second kappa shape index (κ2) is 6.90. The van der Waals surface area contributed by atoms with Gasteiger partial charge >= 0.3 is 6.18 Å². The van der Waals surface area contributed by atoms with Crippen molar-refractivity contribution in [2.24, 2.45) is 0 Å². The lowest BCUT2D eigenvalue weighted by Gasteiger charge is -2.10. The molecule has 0 aliphatic carbocycles. The number of aromatic amines is 1. The minimum Gasteiger partial charge on any atom is -0.319 e. The fraction of sp³-hybridized carbons (Fsp3) is 0.200. The van der Waals surface area contributed by atoms with Gasteiger partial charge in [0.1, 0.15) is 5.69 Å². The van der Waals surface area contributed by atoms with Gasteiger partial charge in [-0.3, -0.25) is 9.89 Å². The van der Waals surface area contributed by atoms with E-state index in [4.69, 9.17) is 0 Å². The van der Waals surface area contributed by atoms with Gasteiger partial charge in [0, 0.05) is 11.1 Å². The highest BCUT2D eigenvalue weighted by Crippen LogP contribution is 2.32. The van der Waals surface area contributed by atoms with Crippen molar-refractivity contribution >= 4 is 11.6 Å². The molecule has 0 spiro atoms. The molecule has 140 valence electrons. The Morgan fingerprint density at radius 3 is 2.30 bits per heavy atom. The Labute approximate surface area is 154 Å². The predicted molar refractivity (Wildman–Crippen MR) is 97.6 cm³/mol. The molecule has 27 heavy (non-hydrogen) atoms. The van der Waals surface area contributed by atoms with Gasteiger partial charge < -0.3 is 5.32 Å². The maximum atomic E-state index is 12.7. The van der Waals surface area contributed by atoms with Crippen molar-refractivity contribution in [3.63, 3.8) is 0 Å². The van der Waals surface area contributed by atoms with E-state index in [0.717, 1.165) is 41.0 Å². The van der Waals surface area contributed by atoms with E-state index in [9.17, 15) is 18.0 Å². The van der Waals surface area contributed by atoms with Crippen LogP contribution in [0.3, 0.4) is 0 Å². The summed E-state index contributed by atoms with van der Waals surface area (Å²) in [7, 11) is 0. The Balaban J connectivity index is 1.90. The van der Waals surface area contributed by atoms with Crippen LogP contribution in [0.4, 0.5) is 18.9 Å². The molecule has 0 bridgehead atoms. The van der Waals surface area contributed by atoms with Gasteiger partial charge in [0.25, 0.3) is 5.91 Å². The molecule has 0 radical (unpaired) electrons. The number of aromatic nitrogens is 2. The van der Waals surface area contributed by atoms with Gasteiger partial charge in [-0.25, -0.2) is 0 Å². The molecule has 0 saturated heterocycles. The molecule has 0 aliphatic heterocycles. The second-order valence-electron chi connectivity index (χ2n) is 6.42. The maximum absolute atomic E-state index is 12.7. The number of aryl methyl sites for hydroxylation is 3. The first-order valence-electron chi connectivity index (χ1n) is 8.28. The Hall–Kier alpha value is -3.09. The zero-order valence-corrected chi connectivity index (χ0v) is 15.0. The number of halogens is 3. The third-order valence-corrected chi connectivity index (χ3v) is 4.30. The lowest BCUT2D eigenvalue weighted by atomic mass is 10.0. The Kier molecular flexibility index (Phi) is 4.78. The molecule has 1 heterocycles. The van der Waals surface area contributed by atoms with Gasteiger partial charge in [0.2, 0.25) is 0 Å². The molecule has 0 unspecified atom stereocenters. The van der Waals surface area contributed by atoms with E-state index < -0.39 is 17.6 Å². The van der Waals surface area contributed by atoms with Crippen molar-refractivity contribution < 1.29 is 18.0 Å². The molecule has 2 N–H and O–H groups in total. The van der Waals surface area contributed by atoms with Gasteiger partial charge in [-0.15, -0.1) is 0 Å². The lowest BCUT2D eigenvalue weighted by molar-refractivity contribution is -0.137. The van der Waals surface area contributed by atoms with Crippen molar-refractivity contribution in [3.05, 3.63) is 70.4 Å². The average molecular weight is 373 g/mol. The van der Waals surface area contributed by atoms with Gasteiger partial charge in [0.15, 0.2) is 0 Å². The predicted octanol–water partition coefficient (Wildman–Crippen LogP) is 5.27. The molecule has 0 atom stereocenters. The fourth-order valence-electron chi connectivity index (χ4n) is 2.85. The Morgan fingerprint density at radius 2 is 1.70 bits per heavy atom. The number of nitrogens with zero attached hydrogens (tertiary/aromatic N) is 1. The van der Waals surface area contributed by atoms with Crippen molar-refractivity contribution in [2.45, 2.75) is 26.9 Å². The topological polar surface area (TPSA) is 57.8 Å². The summed E-state index contributed by atoms with van der Waals surface area (Å²) < 4.78 is 38.0. The monoisotopic (exact) mass is 373 g/mol. The van der Waals surface area contributed by atoms with Gasteiger partial charge in [-0.2, -0.15) is 18.3 Å². The van der Waals surface area contributed by atoms with Crippen LogP contribution in [0.15, 0.2) is 42.5 Å². The molecular formula is C20H18F3N3O. The number of rotatable bonds is 3. The van der Waals surface area contributed by atoms with Crippen molar-refractivity contribution in [3.8, 4) is 11.3 Å². The largest absolute Gasteiger partial charge is 0.416 e. The third-order valence-electron chi connectivity index (χ3n) is 4.30. The Morgan fingerprint density at radius 1 is 1.04 bits per heavy atom. The zero-order valence-electron chi connectivity index (χ0n) is 15.0. The number of hydrogen-bond acceptors (Lipinski definition) is 2. The van der Waals surface area contributed by atoms with Crippen LogP contribution in [0.5, 0.6) is 0 Å². The minimum atomic E-state index is -4.44. The number of H-pyrrole nitrogens is 1. The fourth-order valence-corrected chi connectivity index (χ4v) is 2.85. The zero-order chi connectivity index (χ0) is 19.8. The number of anilines is 1. The van der Waals surface area contributed by atoms with E-state index in [1.807, 2.05) is 32.0 Å². The van der Waals surface area contributed by atoms with Crippen LogP contribution in [-0.4, -0.2) is 16.1 Å². The molecule has 2 aromatic carbocycles. The first kappa shape index (κ1) is 18.7. The highest BCUT2D eigenvalue weighted by molar-refractivity contribution is 6.06. The standard InChI is InChI=1S/C20H18F3N3O/c1-11-4-9-16(12(2)10-11)18-17(13(3)25-26-18)24-19(27)14-5-7-15(8-6-14)20(21,22)23/h4-10H,1-3H3,(H,24,27)(H,25,26). The van der Waals surface area contributed by atoms with Crippen LogP contribution in [0, 0.1) is 20.8 Å². The number of amides is 1. The SMILES string of the molecule is Cc1ccc(-c2n[nH]c(C)c2NC(=O)c2ccc(C(F)(F)F)cc2)c(C)c1. The van der Waals surface area contributed by atoms with E-state index in [1.54, 1.807) is 6.92 Å². The number of hydrogen-bond donors (Lipinski definition) is 2. The minimum absolute atomic E-state index is 0.134. The quantitative estimate of drug-likeness (QED) is 0.657. The summed E-state index contributed by atoms with van der Waals surface area (Å²) >= 11 is 0. The number of nitrogens with one attached hydrogen (secondary N) is 2. The molecule has 3 rings (SSSR count). The summed E-state index contributed by atoms with van der Waals surface area (Å²) in [5.41, 5.74) is 4.07. The summed E-state index contributed by atoms with van der Waals surface area (Å²) in [5, 5.41) is 9.89. The number of benzene rings is 2. The molecule has 4 nitrogen and oxygen atoms in total. The molecule has 0 fully saturated rings. The summed E-state index contributed by atoms with van der Waals surface area (Å²) in [5.74, 6) is -0.501. The average Bonchev–Trinajstić information content (AvgIpc) is 2.95. The maximum Gasteiger partial charge on any atom is 0.416 e. The van der Waals surface area contributed by atoms with Crippen LogP contribution in [-0.2, 0) is 6.18 Å². The molecule has 1 amide bonds. The normalized spacial score (nSPS) is 11.5. The van der Waals surface area contributed by atoms with Crippen molar-refractivity contribution in [1.29, 1.82) is 0 Å². The van der Waals surface area contributed by atoms with E-state index >= 15 is 0 Å². The van der Waals surface area contributed by atoms with Crippen LogP contribution >= 0.6 is 0 Å². The van der Waals surface area contributed by atoms with Crippen molar-refractivity contribution in [2.75, 3.05) is 5.32 Å². The van der Waals surface area contributed by atoms with Crippen LogP contribution < -0.4 is 5.32 Å². The smallest absolute Gasteiger partial charge is 0.319 e. The second-order valence-corrected chi connectivity index (χ2v) is 6.42. The molecule has 3 aromatic rings. The van der Waals surface area contributed by atoms with Gasteiger partial charge in [0.05, 0.1) is 16.9 Å². The van der Waals surface area contributed by atoms with Crippen molar-refractivity contribution in [1.82, 2.24) is 10.2 Å². The summed E-state index contributed by atoms with van der Waals surface area (Å²) in [4.78, 5) is 12.5. The highest BCUT2D eigenvalue weighted by atomic mass is 19.4. The van der Waals surface area contributed by atoms with Gasteiger partial charge in [-0.1, -0.05) is 23.8 Å². The van der Waals surface area contributed by atoms with E-state index in [1.165, 1.54) is 0 Å². The Bertz CT molecular complexity index is 989. The molecular weight excluding hydrogens is 355 g/mol.